The van der Waals surface area contributed by atoms with Crippen molar-refractivity contribution in [3.8, 4) is 0 Å². The van der Waals surface area contributed by atoms with E-state index in [0.29, 0.717) is 12.1 Å². The lowest BCUT2D eigenvalue weighted by Crippen LogP contribution is -2.34. The monoisotopic (exact) mass is 275 g/mol. The fourth-order valence-corrected chi connectivity index (χ4v) is 2.17. The van der Waals surface area contributed by atoms with Gasteiger partial charge in [-0.3, -0.25) is 9.59 Å². The number of hydrogen-bond acceptors (Lipinski definition) is 3. The second-order valence-corrected chi connectivity index (χ2v) is 5.34. The third kappa shape index (κ3) is 3.17. The minimum Gasteiger partial charge on any atom is -0.327 e. The molecular formula is C15H21N3O2. The molecule has 1 heterocycles. The van der Waals surface area contributed by atoms with Crippen molar-refractivity contribution in [1.82, 2.24) is 0 Å². The number of anilines is 2. The van der Waals surface area contributed by atoms with Gasteiger partial charge < -0.3 is 16.0 Å². The van der Waals surface area contributed by atoms with Crippen LogP contribution in [0.25, 0.3) is 0 Å². The molecule has 2 atom stereocenters. The van der Waals surface area contributed by atoms with Gasteiger partial charge in [-0.25, -0.2) is 0 Å². The number of amides is 2. The molecule has 3 N–H and O–H groups in total. The molecule has 0 aromatic heterocycles. The molecule has 1 aromatic rings. The second-order valence-electron chi connectivity index (χ2n) is 5.34. The van der Waals surface area contributed by atoms with Crippen LogP contribution in [0.2, 0.25) is 0 Å². The van der Waals surface area contributed by atoms with Crippen LogP contribution < -0.4 is 16.0 Å². The Morgan fingerprint density at radius 2 is 2.15 bits per heavy atom. The van der Waals surface area contributed by atoms with E-state index in [4.69, 9.17) is 5.73 Å². The van der Waals surface area contributed by atoms with Gasteiger partial charge in [-0.2, -0.15) is 0 Å². The summed E-state index contributed by atoms with van der Waals surface area (Å²) in [5.74, 6) is -0.227. The molecule has 5 heteroatoms. The molecule has 2 rings (SSSR count). The minimum absolute atomic E-state index is 0.107. The molecule has 0 bridgehead atoms. The van der Waals surface area contributed by atoms with Crippen molar-refractivity contribution in [2.45, 2.75) is 32.7 Å². The Balaban J connectivity index is 2.10. The number of rotatable bonds is 4. The average Bonchev–Trinajstić information content (AvgIpc) is 2.84. The number of nitrogens with two attached hydrogens (primary N) is 1. The molecule has 1 aromatic carbocycles. The van der Waals surface area contributed by atoms with Crippen molar-refractivity contribution in [2.75, 3.05) is 16.8 Å². The first kappa shape index (κ1) is 14.5. The zero-order valence-electron chi connectivity index (χ0n) is 11.9. The van der Waals surface area contributed by atoms with E-state index >= 15 is 0 Å². The Kier molecular flexibility index (Phi) is 4.39. The standard InChI is InChI=1S/C15H21N3O2/c1-10(11(2)16)15(20)17-12-5-3-6-13(9-12)18-8-4-7-14(18)19/h3,5-6,9-11H,4,7-8,16H2,1-2H3,(H,17,20). The molecule has 1 aliphatic heterocycles. The first-order valence-corrected chi connectivity index (χ1v) is 6.96. The fourth-order valence-electron chi connectivity index (χ4n) is 2.17. The van der Waals surface area contributed by atoms with Crippen molar-refractivity contribution >= 4 is 23.2 Å². The van der Waals surface area contributed by atoms with Gasteiger partial charge in [0.05, 0.1) is 5.92 Å². The summed E-state index contributed by atoms with van der Waals surface area (Å²) in [7, 11) is 0. The van der Waals surface area contributed by atoms with Gasteiger partial charge >= 0.3 is 0 Å². The van der Waals surface area contributed by atoms with E-state index in [9.17, 15) is 9.59 Å². The summed E-state index contributed by atoms with van der Waals surface area (Å²) in [5.41, 5.74) is 7.25. The van der Waals surface area contributed by atoms with Crippen LogP contribution in [0.4, 0.5) is 11.4 Å². The zero-order chi connectivity index (χ0) is 14.7. The maximum atomic E-state index is 12.0. The lowest BCUT2D eigenvalue weighted by atomic mass is 10.0. The SMILES string of the molecule is CC(N)C(C)C(=O)Nc1cccc(N2CCCC2=O)c1. The minimum atomic E-state index is -0.257. The third-order valence-corrected chi connectivity index (χ3v) is 3.70. The summed E-state index contributed by atoms with van der Waals surface area (Å²) < 4.78 is 0. The normalized spacial score (nSPS) is 17.9. The maximum absolute atomic E-state index is 12.0. The molecule has 1 fully saturated rings. The van der Waals surface area contributed by atoms with E-state index in [2.05, 4.69) is 5.32 Å². The zero-order valence-corrected chi connectivity index (χ0v) is 11.9. The molecule has 20 heavy (non-hydrogen) atoms. The van der Waals surface area contributed by atoms with Gasteiger partial charge in [-0.1, -0.05) is 13.0 Å². The Morgan fingerprint density at radius 1 is 1.40 bits per heavy atom. The first-order valence-electron chi connectivity index (χ1n) is 6.96. The van der Waals surface area contributed by atoms with Crippen LogP contribution in [0.3, 0.4) is 0 Å². The Labute approximate surface area is 119 Å². The van der Waals surface area contributed by atoms with Crippen molar-refractivity contribution in [3.63, 3.8) is 0 Å². The van der Waals surface area contributed by atoms with Crippen molar-refractivity contribution in [3.05, 3.63) is 24.3 Å². The topological polar surface area (TPSA) is 75.4 Å². The van der Waals surface area contributed by atoms with Gasteiger partial charge in [0.1, 0.15) is 0 Å². The molecule has 1 aliphatic rings. The summed E-state index contributed by atoms with van der Waals surface area (Å²) >= 11 is 0. The number of benzene rings is 1. The van der Waals surface area contributed by atoms with Gasteiger partial charge in [0, 0.05) is 30.4 Å². The Bertz CT molecular complexity index is 514. The number of hydrogen-bond donors (Lipinski definition) is 2. The van der Waals surface area contributed by atoms with E-state index in [1.54, 1.807) is 11.8 Å². The van der Waals surface area contributed by atoms with Gasteiger partial charge in [0.15, 0.2) is 0 Å². The molecule has 2 amide bonds. The molecule has 0 spiro atoms. The van der Waals surface area contributed by atoms with Gasteiger partial charge in [-0.15, -0.1) is 0 Å². The van der Waals surface area contributed by atoms with E-state index in [1.165, 1.54) is 0 Å². The van der Waals surface area contributed by atoms with E-state index in [-0.39, 0.29) is 23.8 Å². The van der Waals surface area contributed by atoms with Gasteiger partial charge in [-0.05, 0) is 31.5 Å². The van der Waals surface area contributed by atoms with Crippen LogP contribution in [0.5, 0.6) is 0 Å². The number of carbonyl (C=O) groups is 2. The van der Waals surface area contributed by atoms with Crippen LogP contribution in [0, 0.1) is 5.92 Å². The molecule has 0 saturated carbocycles. The van der Waals surface area contributed by atoms with Crippen molar-refractivity contribution in [1.29, 1.82) is 0 Å². The van der Waals surface area contributed by atoms with Crippen LogP contribution in [0.1, 0.15) is 26.7 Å². The first-order chi connectivity index (χ1) is 9.49. The molecular weight excluding hydrogens is 254 g/mol. The number of nitrogens with zero attached hydrogens (tertiary/aromatic N) is 1. The van der Waals surface area contributed by atoms with Crippen molar-refractivity contribution in [2.24, 2.45) is 11.7 Å². The van der Waals surface area contributed by atoms with Crippen LogP contribution in [-0.2, 0) is 9.59 Å². The second kappa shape index (κ2) is 6.05. The maximum Gasteiger partial charge on any atom is 0.228 e. The molecule has 0 aliphatic carbocycles. The van der Waals surface area contributed by atoms with Gasteiger partial charge in [0.25, 0.3) is 0 Å². The summed E-state index contributed by atoms with van der Waals surface area (Å²) in [5, 5.41) is 2.84. The molecule has 2 unspecified atom stereocenters. The highest BCUT2D eigenvalue weighted by atomic mass is 16.2. The fraction of sp³-hybridized carbons (Fsp3) is 0.467. The number of nitrogens with one attached hydrogen (secondary N) is 1. The lowest BCUT2D eigenvalue weighted by Gasteiger charge is -2.18. The van der Waals surface area contributed by atoms with E-state index in [1.807, 2.05) is 31.2 Å². The van der Waals surface area contributed by atoms with Crippen molar-refractivity contribution < 1.29 is 9.59 Å². The largest absolute Gasteiger partial charge is 0.327 e. The smallest absolute Gasteiger partial charge is 0.228 e. The van der Waals surface area contributed by atoms with E-state index in [0.717, 1.165) is 18.7 Å². The highest BCUT2D eigenvalue weighted by Gasteiger charge is 2.22. The molecule has 108 valence electrons. The molecule has 1 saturated heterocycles. The predicted octanol–water partition coefficient (Wildman–Crippen LogP) is 1.74. The predicted molar refractivity (Wildman–Crippen MR) is 79.5 cm³/mol. The lowest BCUT2D eigenvalue weighted by molar-refractivity contribution is -0.120. The number of carbonyl (C=O) groups excluding carboxylic acids is 2. The summed E-state index contributed by atoms with van der Waals surface area (Å²) in [6, 6.07) is 7.17. The highest BCUT2D eigenvalue weighted by molar-refractivity contribution is 5.97. The average molecular weight is 275 g/mol. The summed E-state index contributed by atoms with van der Waals surface area (Å²) in [4.78, 5) is 25.5. The summed E-state index contributed by atoms with van der Waals surface area (Å²) in [6.07, 6.45) is 1.48. The highest BCUT2D eigenvalue weighted by Crippen LogP contribution is 2.24. The van der Waals surface area contributed by atoms with Crippen LogP contribution >= 0.6 is 0 Å². The van der Waals surface area contributed by atoms with Gasteiger partial charge in [0.2, 0.25) is 11.8 Å². The molecule has 0 radical (unpaired) electrons. The third-order valence-electron chi connectivity index (χ3n) is 3.70. The quantitative estimate of drug-likeness (QED) is 0.878. The van der Waals surface area contributed by atoms with E-state index < -0.39 is 0 Å². The van der Waals surface area contributed by atoms with Crippen LogP contribution in [0.15, 0.2) is 24.3 Å². The Hall–Kier alpha value is -1.88. The Morgan fingerprint density at radius 3 is 2.75 bits per heavy atom. The molecule has 5 nitrogen and oxygen atoms in total. The summed E-state index contributed by atoms with van der Waals surface area (Å²) in [6.45, 7) is 4.35. The van der Waals surface area contributed by atoms with Crippen LogP contribution in [-0.4, -0.2) is 24.4 Å².